The molecule has 1 aliphatic rings. The second-order valence-corrected chi connectivity index (χ2v) is 7.72. The Kier molecular flexibility index (Phi) is 7.26. The molecule has 8 nitrogen and oxygen atoms in total. The summed E-state index contributed by atoms with van der Waals surface area (Å²) in [5.74, 6) is -0.713. The molecule has 1 N–H and O–H groups in total. The fourth-order valence-corrected chi connectivity index (χ4v) is 3.93. The van der Waals surface area contributed by atoms with Crippen LogP contribution in [0.25, 0.3) is 0 Å². The van der Waals surface area contributed by atoms with Crippen LogP contribution in [-0.2, 0) is 30.3 Å². The molecule has 4 atom stereocenters. The lowest BCUT2D eigenvalue weighted by atomic mass is 9.86. The average Bonchev–Trinajstić information content (AvgIpc) is 2.90. The van der Waals surface area contributed by atoms with Crippen molar-refractivity contribution in [3.05, 3.63) is 35.9 Å². The van der Waals surface area contributed by atoms with Gasteiger partial charge >= 0.3 is 12.1 Å². The van der Waals surface area contributed by atoms with E-state index in [9.17, 15) is 14.7 Å². The summed E-state index contributed by atoms with van der Waals surface area (Å²) in [4.78, 5) is 26.7. The zero-order valence-corrected chi connectivity index (χ0v) is 17.9. The van der Waals surface area contributed by atoms with Crippen molar-refractivity contribution in [1.29, 1.82) is 0 Å². The van der Waals surface area contributed by atoms with Gasteiger partial charge < -0.3 is 24.1 Å². The second kappa shape index (κ2) is 9.11. The highest BCUT2D eigenvalue weighted by molar-refractivity contribution is 5.77. The molecule has 0 radical (unpaired) electrons. The fraction of sp³-hybridized carbons (Fsp3) is 0.619. The van der Waals surface area contributed by atoms with E-state index in [2.05, 4.69) is 0 Å². The number of hydrogen-bond donors (Lipinski definition) is 1. The standard InChI is InChI=1S/C21H31NO7/c1-7-27-18(23)17(26-6)21(5,25)16-14(2)29-20(3,4)22(16)19(24)28-13-15-11-9-8-10-12-15/h8-12,14,16-17,25H,7,13H2,1-6H3/t14-,16+,17-,21+/m0/s1. The zero-order chi connectivity index (χ0) is 21.8. The summed E-state index contributed by atoms with van der Waals surface area (Å²) < 4.78 is 21.7. The third kappa shape index (κ3) is 4.88. The van der Waals surface area contributed by atoms with Crippen LogP contribution in [0.1, 0.15) is 40.2 Å². The minimum Gasteiger partial charge on any atom is -0.464 e. The minimum atomic E-state index is -1.79. The molecule has 0 aromatic heterocycles. The van der Waals surface area contributed by atoms with Crippen molar-refractivity contribution in [2.75, 3.05) is 13.7 Å². The van der Waals surface area contributed by atoms with Gasteiger partial charge in [0.2, 0.25) is 0 Å². The first-order valence-corrected chi connectivity index (χ1v) is 9.65. The molecule has 2 rings (SSSR count). The van der Waals surface area contributed by atoms with Crippen molar-refractivity contribution in [1.82, 2.24) is 4.90 Å². The van der Waals surface area contributed by atoms with Gasteiger partial charge in [-0.25, -0.2) is 9.59 Å². The van der Waals surface area contributed by atoms with Gasteiger partial charge in [0.05, 0.1) is 18.8 Å². The summed E-state index contributed by atoms with van der Waals surface area (Å²) in [5, 5.41) is 11.3. The van der Waals surface area contributed by atoms with Gasteiger partial charge in [0.1, 0.15) is 17.9 Å². The summed E-state index contributed by atoms with van der Waals surface area (Å²) in [6.07, 6.45) is -2.56. The van der Waals surface area contributed by atoms with Gasteiger partial charge in [-0.2, -0.15) is 0 Å². The number of nitrogens with zero attached hydrogens (tertiary/aromatic N) is 1. The van der Waals surface area contributed by atoms with Crippen molar-refractivity contribution in [2.45, 2.75) is 70.8 Å². The largest absolute Gasteiger partial charge is 0.464 e. The molecule has 1 aromatic rings. The number of hydrogen-bond acceptors (Lipinski definition) is 7. The van der Waals surface area contributed by atoms with Gasteiger partial charge in [-0.15, -0.1) is 0 Å². The molecular formula is C21H31NO7. The van der Waals surface area contributed by atoms with Crippen LogP contribution in [0.3, 0.4) is 0 Å². The zero-order valence-electron chi connectivity index (χ0n) is 17.9. The van der Waals surface area contributed by atoms with Gasteiger partial charge in [0, 0.05) is 7.11 Å². The quantitative estimate of drug-likeness (QED) is 0.691. The Morgan fingerprint density at radius 3 is 2.45 bits per heavy atom. The Morgan fingerprint density at radius 2 is 1.90 bits per heavy atom. The van der Waals surface area contributed by atoms with Crippen LogP contribution in [0.4, 0.5) is 4.79 Å². The van der Waals surface area contributed by atoms with Crippen molar-refractivity contribution < 1.29 is 33.6 Å². The molecule has 0 unspecified atom stereocenters. The van der Waals surface area contributed by atoms with Gasteiger partial charge in [0.25, 0.3) is 0 Å². The Hall–Kier alpha value is -2.16. The van der Waals surface area contributed by atoms with Gasteiger partial charge in [-0.1, -0.05) is 30.3 Å². The van der Waals surface area contributed by atoms with Gasteiger partial charge in [-0.3, -0.25) is 4.90 Å². The highest BCUT2D eigenvalue weighted by atomic mass is 16.6. The number of methoxy groups -OCH3 is 1. The van der Waals surface area contributed by atoms with Crippen LogP contribution in [0, 0.1) is 0 Å². The maximum Gasteiger partial charge on any atom is 0.412 e. The number of amides is 1. The number of rotatable bonds is 7. The molecule has 1 aliphatic heterocycles. The summed E-state index contributed by atoms with van der Waals surface area (Å²) >= 11 is 0. The predicted octanol–water partition coefficient (Wildman–Crippen LogP) is 2.48. The first-order valence-electron chi connectivity index (χ1n) is 9.65. The Bertz CT molecular complexity index is 704. The average molecular weight is 409 g/mol. The van der Waals surface area contributed by atoms with Crippen LogP contribution in [-0.4, -0.2) is 65.4 Å². The summed E-state index contributed by atoms with van der Waals surface area (Å²) in [6, 6.07) is 8.36. The summed E-state index contributed by atoms with van der Waals surface area (Å²) in [7, 11) is 1.31. The third-order valence-electron chi connectivity index (χ3n) is 5.05. The molecule has 1 fully saturated rings. The van der Waals surface area contributed by atoms with Crippen molar-refractivity contribution in [3.8, 4) is 0 Å². The summed E-state index contributed by atoms with van der Waals surface area (Å²) in [6.45, 7) is 8.44. The number of benzene rings is 1. The first-order chi connectivity index (χ1) is 13.6. The van der Waals surface area contributed by atoms with Crippen LogP contribution in [0.5, 0.6) is 0 Å². The van der Waals surface area contributed by atoms with Crippen LogP contribution >= 0.6 is 0 Å². The normalized spacial score (nSPS) is 23.9. The number of esters is 1. The number of aliphatic hydroxyl groups is 1. The maximum absolute atomic E-state index is 13.0. The SMILES string of the molecule is CCOC(=O)[C@H](OC)[C@](C)(O)[C@H]1[C@H](C)OC(C)(C)N1C(=O)OCc1ccccc1. The van der Waals surface area contributed by atoms with Gasteiger partial charge in [-0.05, 0) is 40.2 Å². The molecular weight excluding hydrogens is 378 g/mol. The molecule has 1 amide bonds. The van der Waals surface area contributed by atoms with E-state index >= 15 is 0 Å². The van der Waals surface area contributed by atoms with E-state index < -0.39 is 41.6 Å². The third-order valence-corrected chi connectivity index (χ3v) is 5.05. The molecule has 162 valence electrons. The van der Waals surface area contributed by atoms with Crippen molar-refractivity contribution >= 4 is 12.1 Å². The van der Waals surface area contributed by atoms with Crippen LogP contribution in [0.2, 0.25) is 0 Å². The Balaban J connectivity index is 2.29. The molecule has 1 aromatic carbocycles. The monoisotopic (exact) mass is 409 g/mol. The minimum absolute atomic E-state index is 0.0705. The lowest BCUT2D eigenvalue weighted by molar-refractivity contribution is -0.180. The molecule has 8 heteroatoms. The lowest BCUT2D eigenvalue weighted by Gasteiger charge is -2.42. The second-order valence-electron chi connectivity index (χ2n) is 7.72. The highest BCUT2D eigenvalue weighted by Crippen LogP contribution is 2.39. The van der Waals surface area contributed by atoms with E-state index in [1.165, 1.54) is 18.9 Å². The number of carbonyl (C=O) groups is 2. The Labute approximate surface area is 171 Å². The fourth-order valence-electron chi connectivity index (χ4n) is 3.93. The van der Waals surface area contributed by atoms with E-state index in [4.69, 9.17) is 18.9 Å². The lowest BCUT2D eigenvalue weighted by Crippen LogP contribution is -2.64. The van der Waals surface area contributed by atoms with Crippen LogP contribution in [0.15, 0.2) is 30.3 Å². The van der Waals surface area contributed by atoms with E-state index in [1.54, 1.807) is 27.7 Å². The molecule has 0 saturated carbocycles. The highest BCUT2D eigenvalue weighted by Gasteiger charge is 2.59. The molecule has 1 saturated heterocycles. The van der Waals surface area contributed by atoms with E-state index in [0.717, 1.165) is 5.56 Å². The topological polar surface area (TPSA) is 94.5 Å². The van der Waals surface area contributed by atoms with E-state index in [0.29, 0.717) is 0 Å². The van der Waals surface area contributed by atoms with Crippen molar-refractivity contribution in [3.63, 3.8) is 0 Å². The molecule has 0 aliphatic carbocycles. The molecule has 0 spiro atoms. The Morgan fingerprint density at radius 1 is 1.28 bits per heavy atom. The van der Waals surface area contributed by atoms with Crippen LogP contribution < -0.4 is 0 Å². The predicted molar refractivity (Wildman–Crippen MR) is 105 cm³/mol. The number of carbonyl (C=O) groups excluding carboxylic acids is 2. The van der Waals surface area contributed by atoms with Crippen molar-refractivity contribution in [2.24, 2.45) is 0 Å². The maximum atomic E-state index is 13.0. The molecule has 29 heavy (non-hydrogen) atoms. The summed E-state index contributed by atoms with van der Waals surface area (Å²) in [5.41, 5.74) is -2.02. The molecule has 0 bridgehead atoms. The number of ether oxygens (including phenoxy) is 4. The van der Waals surface area contributed by atoms with E-state index in [1.807, 2.05) is 30.3 Å². The molecule has 1 heterocycles. The van der Waals surface area contributed by atoms with E-state index in [-0.39, 0.29) is 13.2 Å². The smallest absolute Gasteiger partial charge is 0.412 e. The van der Waals surface area contributed by atoms with Gasteiger partial charge in [0.15, 0.2) is 6.10 Å². The first kappa shape index (κ1) is 23.1.